The molecule has 1 heterocycles. The number of rotatable bonds is 2. The lowest BCUT2D eigenvalue weighted by Crippen LogP contribution is -2.51. The average Bonchev–Trinajstić information content (AvgIpc) is 3.22. The Morgan fingerprint density at radius 2 is 2.00 bits per heavy atom. The van der Waals surface area contributed by atoms with Crippen LogP contribution in [0.5, 0.6) is 0 Å². The van der Waals surface area contributed by atoms with Crippen molar-refractivity contribution < 1.29 is 8.78 Å². The third kappa shape index (κ3) is 4.33. The standard InChI is InChI=1S/C17H23F2N3S.HI/c1-17(2)10-22(7-8-23-17)16(20-3)21-14-9-11(14)15-12(18)5-4-6-13(15)19;/h4-6,11,14H,7-10H2,1-3H3,(H,20,21);1H. The number of guanidine groups is 1. The van der Waals surface area contributed by atoms with Gasteiger partial charge in [-0.25, -0.2) is 8.78 Å². The molecule has 24 heavy (non-hydrogen) atoms. The highest BCUT2D eigenvalue weighted by atomic mass is 127. The van der Waals surface area contributed by atoms with Gasteiger partial charge >= 0.3 is 0 Å². The zero-order valence-corrected chi connectivity index (χ0v) is 17.3. The van der Waals surface area contributed by atoms with Gasteiger partial charge in [0.1, 0.15) is 11.6 Å². The fraction of sp³-hybridized carbons (Fsp3) is 0.588. The second-order valence-corrected chi connectivity index (χ2v) is 8.61. The Bertz CT molecular complexity index is 604. The Labute approximate surface area is 163 Å². The van der Waals surface area contributed by atoms with Crippen molar-refractivity contribution in [1.82, 2.24) is 10.2 Å². The summed E-state index contributed by atoms with van der Waals surface area (Å²) < 4.78 is 27.9. The summed E-state index contributed by atoms with van der Waals surface area (Å²) in [5.74, 6) is 0.876. The van der Waals surface area contributed by atoms with Crippen molar-refractivity contribution in [2.24, 2.45) is 4.99 Å². The third-order valence-corrected chi connectivity index (χ3v) is 5.71. The van der Waals surface area contributed by atoms with Crippen LogP contribution in [0.2, 0.25) is 0 Å². The first-order valence-corrected chi connectivity index (χ1v) is 8.96. The van der Waals surface area contributed by atoms with Gasteiger partial charge in [-0.3, -0.25) is 4.99 Å². The summed E-state index contributed by atoms with van der Waals surface area (Å²) in [6, 6.07) is 4.11. The van der Waals surface area contributed by atoms with Crippen LogP contribution in [0.15, 0.2) is 23.2 Å². The zero-order valence-electron chi connectivity index (χ0n) is 14.2. The van der Waals surface area contributed by atoms with E-state index in [1.54, 1.807) is 7.05 Å². The minimum Gasteiger partial charge on any atom is -0.353 e. The normalized spacial score (nSPS) is 25.9. The van der Waals surface area contributed by atoms with E-state index in [2.05, 4.69) is 29.1 Å². The van der Waals surface area contributed by atoms with Crippen LogP contribution in [0.4, 0.5) is 8.78 Å². The molecule has 1 saturated heterocycles. The van der Waals surface area contributed by atoms with Gasteiger partial charge in [-0.15, -0.1) is 24.0 Å². The number of nitrogens with one attached hydrogen (secondary N) is 1. The quantitative estimate of drug-likeness (QED) is 0.407. The maximum Gasteiger partial charge on any atom is 0.193 e. The molecule has 0 spiro atoms. The Hall–Kier alpha value is -0.570. The number of halogens is 3. The van der Waals surface area contributed by atoms with Gasteiger partial charge in [0.25, 0.3) is 0 Å². The average molecular weight is 467 g/mol. The molecule has 3 rings (SSSR count). The molecule has 1 aliphatic heterocycles. The summed E-state index contributed by atoms with van der Waals surface area (Å²) in [6.45, 7) is 6.32. The van der Waals surface area contributed by atoms with Crippen molar-refractivity contribution in [3.05, 3.63) is 35.4 Å². The molecule has 1 aliphatic carbocycles. The Balaban J connectivity index is 0.00000208. The van der Waals surface area contributed by atoms with E-state index in [1.807, 2.05) is 11.8 Å². The SMILES string of the molecule is CN=C(NC1CC1c1c(F)cccc1F)N1CCSC(C)(C)C1.I. The minimum atomic E-state index is -0.454. The number of nitrogens with zero attached hydrogens (tertiary/aromatic N) is 2. The fourth-order valence-corrected chi connectivity index (χ4v) is 4.31. The molecule has 7 heteroatoms. The zero-order chi connectivity index (χ0) is 16.6. The fourth-order valence-electron chi connectivity index (χ4n) is 3.20. The molecule has 1 aromatic carbocycles. The van der Waals surface area contributed by atoms with Gasteiger partial charge in [0.15, 0.2) is 5.96 Å². The summed E-state index contributed by atoms with van der Waals surface area (Å²) in [5.41, 5.74) is 0.204. The van der Waals surface area contributed by atoms with Gasteiger partial charge in [-0.1, -0.05) is 6.07 Å². The van der Waals surface area contributed by atoms with E-state index in [0.717, 1.165) is 31.2 Å². The van der Waals surface area contributed by atoms with E-state index < -0.39 is 11.6 Å². The van der Waals surface area contributed by atoms with Crippen molar-refractivity contribution in [3.8, 4) is 0 Å². The Kier molecular flexibility index (Phi) is 6.39. The van der Waals surface area contributed by atoms with Gasteiger partial charge in [0.05, 0.1) is 0 Å². The van der Waals surface area contributed by atoms with E-state index >= 15 is 0 Å². The summed E-state index contributed by atoms with van der Waals surface area (Å²) >= 11 is 1.96. The summed E-state index contributed by atoms with van der Waals surface area (Å²) in [5, 5.41) is 3.38. The van der Waals surface area contributed by atoms with Crippen molar-refractivity contribution in [2.75, 3.05) is 25.9 Å². The van der Waals surface area contributed by atoms with Crippen LogP contribution in [0.1, 0.15) is 31.7 Å². The van der Waals surface area contributed by atoms with E-state index in [0.29, 0.717) is 0 Å². The highest BCUT2D eigenvalue weighted by molar-refractivity contribution is 14.0. The van der Waals surface area contributed by atoms with E-state index in [9.17, 15) is 8.78 Å². The lowest BCUT2D eigenvalue weighted by molar-refractivity contribution is 0.375. The van der Waals surface area contributed by atoms with Crippen molar-refractivity contribution >= 4 is 41.7 Å². The van der Waals surface area contributed by atoms with Gasteiger partial charge in [0.2, 0.25) is 0 Å². The highest BCUT2D eigenvalue weighted by Gasteiger charge is 2.43. The van der Waals surface area contributed by atoms with Crippen LogP contribution < -0.4 is 5.32 Å². The smallest absolute Gasteiger partial charge is 0.193 e. The molecule has 1 N–H and O–H groups in total. The number of aliphatic imine (C=N–C) groups is 1. The maximum absolute atomic E-state index is 13.9. The monoisotopic (exact) mass is 467 g/mol. The second kappa shape index (κ2) is 7.76. The largest absolute Gasteiger partial charge is 0.353 e. The second-order valence-electron chi connectivity index (χ2n) is 6.81. The van der Waals surface area contributed by atoms with Gasteiger partial charge in [-0.05, 0) is 32.4 Å². The molecular weight excluding hydrogens is 443 g/mol. The van der Waals surface area contributed by atoms with Gasteiger partial charge in [-0.2, -0.15) is 11.8 Å². The molecule has 0 bridgehead atoms. The lowest BCUT2D eigenvalue weighted by atomic mass is 10.1. The Morgan fingerprint density at radius 3 is 2.58 bits per heavy atom. The van der Waals surface area contributed by atoms with E-state index in [-0.39, 0.29) is 46.2 Å². The lowest BCUT2D eigenvalue weighted by Gasteiger charge is -2.39. The number of hydrogen-bond acceptors (Lipinski definition) is 2. The van der Waals surface area contributed by atoms with Crippen LogP contribution >= 0.6 is 35.7 Å². The van der Waals surface area contributed by atoms with E-state index in [4.69, 9.17) is 0 Å². The Morgan fingerprint density at radius 1 is 1.33 bits per heavy atom. The van der Waals surface area contributed by atoms with Crippen LogP contribution in [0.3, 0.4) is 0 Å². The number of thioether (sulfide) groups is 1. The molecule has 134 valence electrons. The first kappa shape index (κ1) is 19.8. The number of hydrogen-bond donors (Lipinski definition) is 1. The topological polar surface area (TPSA) is 27.6 Å². The van der Waals surface area contributed by atoms with Crippen molar-refractivity contribution in [3.63, 3.8) is 0 Å². The third-order valence-electron chi connectivity index (χ3n) is 4.41. The molecule has 3 nitrogen and oxygen atoms in total. The summed E-state index contributed by atoms with van der Waals surface area (Å²) in [7, 11) is 1.76. The minimum absolute atomic E-state index is 0. The maximum atomic E-state index is 13.9. The first-order valence-electron chi connectivity index (χ1n) is 7.97. The van der Waals surface area contributed by atoms with Crippen LogP contribution in [-0.2, 0) is 0 Å². The van der Waals surface area contributed by atoms with Crippen molar-refractivity contribution in [2.45, 2.75) is 37.0 Å². The van der Waals surface area contributed by atoms with Gasteiger partial charge in [0, 0.05) is 48.2 Å². The highest BCUT2D eigenvalue weighted by Crippen LogP contribution is 2.43. The molecular formula is C17H24F2IN3S. The molecule has 1 aromatic rings. The molecule has 2 aliphatic rings. The molecule has 0 radical (unpaired) electrons. The predicted molar refractivity (Wildman–Crippen MR) is 108 cm³/mol. The molecule has 2 atom stereocenters. The van der Waals surface area contributed by atoms with Crippen LogP contribution in [0, 0.1) is 11.6 Å². The van der Waals surface area contributed by atoms with E-state index in [1.165, 1.54) is 18.2 Å². The van der Waals surface area contributed by atoms with Crippen LogP contribution in [0.25, 0.3) is 0 Å². The number of benzene rings is 1. The summed E-state index contributed by atoms with van der Waals surface area (Å²) in [4.78, 5) is 6.60. The van der Waals surface area contributed by atoms with Crippen LogP contribution in [-0.4, -0.2) is 47.5 Å². The molecule has 2 fully saturated rings. The van der Waals surface area contributed by atoms with Crippen molar-refractivity contribution in [1.29, 1.82) is 0 Å². The predicted octanol–water partition coefficient (Wildman–Crippen LogP) is 3.84. The summed E-state index contributed by atoms with van der Waals surface area (Å²) in [6.07, 6.45) is 0.739. The van der Waals surface area contributed by atoms with Gasteiger partial charge < -0.3 is 10.2 Å². The molecule has 2 unspecified atom stereocenters. The first-order chi connectivity index (χ1) is 10.9. The molecule has 0 aromatic heterocycles. The molecule has 0 amide bonds. The molecule has 1 saturated carbocycles.